The first-order chi connectivity index (χ1) is 8.02. The number of nitrogens with one attached hydrogen (secondary N) is 1. The van der Waals surface area contributed by atoms with Crippen molar-refractivity contribution in [3.63, 3.8) is 0 Å². The largest absolute Gasteiger partial charge is 0.347 e. The number of rotatable bonds is 5. The molecular weight excluding hydrogens is 259 g/mol. The number of alkyl halides is 1. The Morgan fingerprint density at radius 3 is 2.82 bits per heavy atom. The van der Waals surface area contributed by atoms with E-state index in [0.29, 0.717) is 16.5 Å². The van der Waals surface area contributed by atoms with Gasteiger partial charge in [0.2, 0.25) is 0 Å². The second-order valence-electron chi connectivity index (χ2n) is 4.16. The summed E-state index contributed by atoms with van der Waals surface area (Å²) in [5, 5.41) is 3.32. The molecular formula is C12H16Cl2N2O. The third-order valence-corrected chi connectivity index (χ3v) is 3.35. The summed E-state index contributed by atoms with van der Waals surface area (Å²) in [6.45, 7) is 3.99. The molecule has 0 saturated heterocycles. The molecule has 0 aliphatic carbocycles. The molecule has 0 aromatic carbocycles. The number of hydrogen-bond acceptors (Lipinski definition) is 2. The van der Waals surface area contributed by atoms with Crippen molar-refractivity contribution >= 4 is 29.1 Å². The Hall–Kier alpha value is -0.800. The molecule has 17 heavy (non-hydrogen) atoms. The van der Waals surface area contributed by atoms with Crippen molar-refractivity contribution in [2.45, 2.75) is 32.2 Å². The minimum atomic E-state index is -0.300. The number of pyridine rings is 1. The lowest BCUT2D eigenvalue weighted by Crippen LogP contribution is -2.45. The molecule has 1 aromatic heterocycles. The van der Waals surface area contributed by atoms with E-state index in [0.717, 1.165) is 12.8 Å². The third-order valence-electron chi connectivity index (χ3n) is 2.86. The Kier molecular flexibility index (Phi) is 5.22. The predicted molar refractivity (Wildman–Crippen MR) is 70.7 cm³/mol. The number of nitrogens with zero attached hydrogens (tertiary/aromatic N) is 1. The minimum Gasteiger partial charge on any atom is -0.347 e. The summed E-state index contributed by atoms with van der Waals surface area (Å²) in [5.74, 6) is 0.321. The monoisotopic (exact) mass is 274 g/mol. The molecule has 5 heteroatoms. The van der Waals surface area contributed by atoms with Crippen molar-refractivity contribution in [3.8, 4) is 0 Å². The summed E-state index contributed by atoms with van der Waals surface area (Å²) < 4.78 is 0. The molecule has 3 nitrogen and oxygen atoms in total. The van der Waals surface area contributed by atoms with Crippen molar-refractivity contribution in [2.24, 2.45) is 0 Å². The van der Waals surface area contributed by atoms with Gasteiger partial charge >= 0.3 is 0 Å². The highest BCUT2D eigenvalue weighted by molar-refractivity contribution is 6.33. The zero-order valence-corrected chi connectivity index (χ0v) is 11.5. The van der Waals surface area contributed by atoms with Crippen molar-refractivity contribution in [2.75, 3.05) is 5.88 Å². The smallest absolute Gasteiger partial charge is 0.253 e. The van der Waals surface area contributed by atoms with Crippen LogP contribution in [0.2, 0.25) is 5.02 Å². The number of carbonyl (C=O) groups excluding carboxylic acids is 1. The topological polar surface area (TPSA) is 42.0 Å². The van der Waals surface area contributed by atoms with Gasteiger partial charge in [-0.25, -0.2) is 0 Å². The SMILES string of the molecule is CCC(C)(CCCl)NC(=O)c1ccncc1Cl. The van der Waals surface area contributed by atoms with Crippen molar-refractivity contribution < 1.29 is 4.79 Å². The van der Waals surface area contributed by atoms with Crippen LogP contribution in [0.15, 0.2) is 18.5 Å². The Bertz CT molecular complexity index is 398. The van der Waals surface area contributed by atoms with Crippen LogP contribution in [0.4, 0.5) is 0 Å². The van der Waals surface area contributed by atoms with Gasteiger partial charge in [-0.05, 0) is 25.8 Å². The van der Waals surface area contributed by atoms with Crippen LogP contribution in [0.5, 0.6) is 0 Å². The van der Waals surface area contributed by atoms with E-state index in [1.54, 1.807) is 12.3 Å². The fourth-order valence-corrected chi connectivity index (χ4v) is 2.06. The first kappa shape index (κ1) is 14.3. The molecule has 1 aromatic rings. The number of aromatic nitrogens is 1. The van der Waals surface area contributed by atoms with Gasteiger partial charge in [-0.3, -0.25) is 9.78 Å². The van der Waals surface area contributed by atoms with E-state index >= 15 is 0 Å². The van der Waals surface area contributed by atoms with Gasteiger partial charge in [0.25, 0.3) is 5.91 Å². The maximum Gasteiger partial charge on any atom is 0.253 e. The fraction of sp³-hybridized carbons (Fsp3) is 0.500. The van der Waals surface area contributed by atoms with Crippen LogP contribution in [0.1, 0.15) is 37.0 Å². The van der Waals surface area contributed by atoms with E-state index in [9.17, 15) is 4.79 Å². The highest BCUT2D eigenvalue weighted by Crippen LogP contribution is 2.19. The molecule has 1 rings (SSSR count). The summed E-state index contributed by atoms with van der Waals surface area (Å²) in [4.78, 5) is 15.9. The molecule has 0 aliphatic rings. The number of hydrogen-bond donors (Lipinski definition) is 1. The first-order valence-electron chi connectivity index (χ1n) is 5.50. The Morgan fingerprint density at radius 1 is 1.59 bits per heavy atom. The first-order valence-corrected chi connectivity index (χ1v) is 6.41. The van der Waals surface area contributed by atoms with E-state index < -0.39 is 0 Å². The average Bonchev–Trinajstić information content (AvgIpc) is 2.29. The Labute approximate surface area is 112 Å². The molecule has 0 spiro atoms. The molecule has 1 unspecified atom stereocenters. The quantitative estimate of drug-likeness (QED) is 0.838. The van der Waals surface area contributed by atoms with Crippen LogP contribution in [0.3, 0.4) is 0 Å². The van der Waals surface area contributed by atoms with Crippen LogP contribution in [-0.2, 0) is 0 Å². The number of halogens is 2. The maximum atomic E-state index is 12.0. The highest BCUT2D eigenvalue weighted by atomic mass is 35.5. The summed E-state index contributed by atoms with van der Waals surface area (Å²) in [5.41, 5.74) is 0.140. The standard InChI is InChI=1S/C12H16Cl2N2O/c1-3-12(2,5-6-13)16-11(17)9-4-7-15-8-10(9)14/h4,7-8H,3,5-6H2,1-2H3,(H,16,17). The summed E-state index contributed by atoms with van der Waals surface area (Å²) in [6.07, 6.45) is 4.54. The summed E-state index contributed by atoms with van der Waals surface area (Å²) in [7, 11) is 0. The number of carbonyl (C=O) groups is 1. The Morgan fingerprint density at radius 2 is 2.29 bits per heavy atom. The zero-order valence-electron chi connectivity index (χ0n) is 9.96. The van der Waals surface area contributed by atoms with Gasteiger partial charge in [-0.1, -0.05) is 18.5 Å². The second-order valence-corrected chi connectivity index (χ2v) is 4.95. The van der Waals surface area contributed by atoms with E-state index in [2.05, 4.69) is 10.3 Å². The molecule has 1 amide bonds. The molecule has 1 heterocycles. The van der Waals surface area contributed by atoms with Crippen LogP contribution in [0.25, 0.3) is 0 Å². The lowest BCUT2D eigenvalue weighted by molar-refractivity contribution is 0.0901. The lowest BCUT2D eigenvalue weighted by atomic mass is 9.95. The van der Waals surface area contributed by atoms with E-state index in [-0.39, 0.29) is 11.4 Å². The van der Waals surface area contributed by atoms with Crippen LogP contribution < -0.4 is 5.32 Å². The highest BCUT2D eigenvalue weighted by Gasteiger charge is 2.24. The number of amides is 1. The van der Waals surface area contributed by atoms with Crippen molar-refractivity contribution in [1.29, 1.82) is 0 Å². The van der Waals surface area contributed by atoms with Crippen LogP contribution >= 0.6 is 23.2 Å². The molecule has 1 atom stereocenters. The molecule has 0 fully saturated rings. The van der Waals surface area contributed by atoms with Crippen molar-refractivity contribution in [3.05, 3.63) is 29.0 Å². The van der Waals surface area contributed by atoms with Gasteiger partial charge in [-0.15, -0.1) is 11.6 Å². The van der Waals surface area contributed by atoms with Gasteiger partial charge in [0, 0.05) is 23.8 Å². The van der Waals surface area contributed by atoms with Gasteiger partial charge < -0.3 is 5.32 Å². The minimum absolute atomic E-state index is 0.188. The Balaban J connectivity index is 2.82. The average molecular weight is 275 g/mol. The van der Waals surface area contributed by atoms with Crippen LogP contribution in [0, 0.1) is 0 Å². The molecule has 0 saturated carbocycles. The van der Waals surface area contributed by atoms with Gasteiger partial charge in [0.1, 0.15) is 0 Å². The zero-order chi connectivity index (χ0) is 12.9. The van der Waals surface area contributed by atoms with E-state index in [1.165, 1.54) is 6.20 Å². The second kappa shape index (κ2) is 6.22. The van der Waals surface area contributed by atoms with Gasteiger partial charge in [0.15, 0.2) is 0 Å². The van der Waals surface area contributed by atoms with Crippen molar-refractivity contribution in [1.82, 2.24) is 10.3 Å². The van der Waals surface area contributed by atoms with Gasteiger partial charge in [0.05, 0.1) is 10.6 Å². The summed E-state index contributed by atoms with van der Waals surface area (Å²) in [6, 6.07) is 1.61. The molecule has 94 valence electrons. The predicted octanol–water partition coefficient (Wildman–Crippen LogP) is 3.26. The third kappa shape index (κ3) is 3.86. The molecule has 0 radical (unpaired) electrons. The van der Waals surface area contributed by atoms with Crippen LogP contribution in [-0.4, -0.2) is 22.3 Å². The molecule has 0 bridgehead atoms. The summed E-state index contributed by atoms with van der Waals surface area (Å²) >= 11 is 11.7. The normalized spacial score (nSPS) is 14.1. The molecule has 1 N–H and O–H groups in total. The van der Waals surface area contributed by atoms with E-state index in [4.69, 9.17) is 23.2 Å². The maximum absolute atomic E-state index is 12.0. The lowest BCUT2D eigenvalue weighted by Gasteiger charge is -2.29. The molecule has 0 aliphatic heterocycles. The fourth-order valence-electron chi connectivity index (χ4n) is 1.44. The van der Waals surface area contributed by atoms with E-state index in [1.807, 2.05) is 13.8 Å². The van der Waals surface area contributed by atoms with Gasteiger partial charge in [-0.2, -0.15) is 0 Å².